The van der Waals surface area contributed by atoms with Crippen molar-refractivity contribution in [2.45, 2.75) is 33.7 Å². The fourth-order valence-electron chi connectivity index (χ4n) is 3.44. The number of carbonyl (C=O) groups excluding carboxylic acids is 2. The second-order valence-electron chi connectivity index (χ2n) is 9.15. The highest BCUT2D eigenvalue weighted by molar-refractivity contribution is 6.03. The summed E-state index contributed by atoms with van der Waals surface area (Å²) in [5.41, 5.74) is 6.52. The van der Waals surface area contributed by atoms with Crippen LogP contribution in [0.4, 0.5) is 17.1 Å². The van der Waals surface area contributed by atoms with Crippen molar-refractivity contribution in [1.29, 1.82) is 0 Å². The molecule has 0 spiro atoms. The summed E-state index contributed by atoms with van der Waals surface area (Å²) in [6.07, 6.45) is 6.91. The number of guanidine groups is 1. The van der Waals surface area contributed by atoms with Gasteiger partial charge in [-0.25, -0.2) is 9.98 Å². The normalized spacial score (nSPS) is 14.6. The monoisotopic (exact) mass is 510 g/mol. The first kappa shape index (κ1) is 27.9. The van der Waals surface area contributed by atoms with Gasteiger partial charge in [-0.3, -0.25) is 9.59 Å². The summed E-state index contributed by atoms with van der Waals surface area (Å²) < 4.78 is 0. The zero-order valence-corrected chi connectivity index (χ0v) is 22.3. The molecule has 0 bridgehead atoms. The summed E-state index contributed by atoms with van der Waals surface area (Å²) in [6, 6.07) is 12.5. The fourth-order valence-corrected chi connectivity index (χ4v) is 3.44. The number of aryl methyl sites for hydroxylation is 1. The molecule has 1 heterocycles. The van der Waals surface area contributed by atoms with Gasteiger partial charge < -0.3 is 21.3 Å². The van der Waals surface area contributed by atoms with Crippen molar-refractivity contribution in [3.05, 3.63) is 102 Å². The first-order chi connectivity index (χ1) is 18.1. The molecule has 2 aromatic carbocycles. The lowest BCUT2D eigenvalue weighted by atomic mass is 10.1. The molecule has 0 radical (unpaired) electrons. The topological polar surface area (TPSA) is 107 Å². The number of amides is 2. The molecular weight excluding hydrogens is 476 g/mol. The molecule has 0 saturated carbocycles. The number of nitrogens with one attached hydrogen (secondary N) is 4. The predicted molar refractivity (Wildman–Crippen MR) is 158 cm³/mol. The Labute approximate surface area is 224 Å². The number of aliphatic imine (C=N–C) groups is 2. The van der Waals surface area contributed by atoms with Crippen molar-refractivity contribution in [3.8, 4) is 0 Å². The average Bonchev–Trinajstić information content (AvgIpc) is 2.89. The number of hydrogen-bond donors (Lipinski definition) is 4. The van der Waals surface area contributed by atoms with Crippen molar-refractivity contribution in [1.82, 2.24) is 5.32 Å². The van der Waals surface area contributed by atoms with Gasteiger partial charge in [-0.2, -0.15) is 0 Å². The molecule has 0 aliphatic carbocycles. The minimum absolute atomic E-state index is 0.206. The second kappa shape index (κ2) is 13.0. The lowest BCUT2D eigenvalue weighted by Gasteiger charge is -2.18. The molecule has 0 saturated heterocycles. The molecule has 1 unspecified atom stereocenters. The lowest BCUT2D eigenvalue weighted by molar-refractivity contribution is -0.111. The number of rotatable bonds is 9. The van der Waals surface area contributed by atoms with E-state index in [1.807, 2.05) is 64.1 Å². The van der Waals surface area contributed by atoms with Gasteiger partial charge in [0.25, 0.3) is 5.91 Å². The molecule has 1 atom stereocenters. The van der Waals surface area contributed by atoms with Gasteiger partial charge in [-0.1, -0.05) is 43.0 Å². The molecule has 0 fully saturated rings. The third kappa shape index (κ3) is 8.16. The fraction of sp³-hybridized carbons (Fsp3) is 0.200. The third-order valence-corrected chi connectivity index (χ3v) is 5.62. The van der Waals surface area contributed by atoms with Gasteiger partial charge in [0.2, 0.25) is 11.9 Å². The van der Waals surface area contributed by atoms with Crippen LogP contribution in [0.2, 0.25) is 0 Å². The molecule has 1 aliphatic heterocycles. The zero-order chi connectivity index (χ0) is 27.7. The van der Waals surface area contributed by atoms with Gasteiger partial charge in [0.1, 0.15) is 0 Å². The maximum absolute atomic E-state index is 13.1. The van der Waals surface area contributed by atoms with Gasteiger partial charge in [0, 0.05) is 34.5 Å². The summed E-state index contributed by atoms with van der Waals surface area (Å²) in [4.78, 5) is 33.4. The van der Waals surface area contributed by atoms with Crippen LogP contribution in [-0.4, -0.2) is 36.6 Å². The quantitative estimate of drug-likeness (QED) is 0.260. The number of anilines is 3. The molecule has 4 N–H and O–H groups in total. The van der Waals surface area contributed by atoms with Crippen LogP contribution in [0.5, 0.6) is 0 Å². The Hall–Kier alpha value is -4.72. The molecular formula is C30H34N6O2. The smallest absolute Gasteiger partial charge is 0.252 e. The summed E-state index contributed by atoms with van der Waals surface area (Å²) in [7, 11) is 0. The summed E-state index contributed by atoms with van der Waals surface area (Å²) in [5.74, 6) is -0.0796. The van der Waals surface area contributed by atoms with Crippen LogP contribution in [0.3, 0.4) is 0 Å². The van der Waals surface area contributed by atoms with E-state index in [0.717, 1.165) is 28.2 Å². The van der Waals surface area contributed by atoms with E-state index in [1.54, 1.807) is 24.4 Å². The summed E-state index contributed by atoms with van der Waals surface area (Å²) in [6.45, 7) is 15.9. The Kier molecular flexibility index (Phi) is 9.54. The Morgan fingerprint density at radius 2 is 1.74 bits per heavy atom. The van der Waals surface area contributed by atoms with E-state index in [4.69, 9.17) is 0 Å². The maximum atomic E-state index is 13.1. The van der Waals surface area contributed by atoms with Crippen molar-refractivity contribution in [2.75, 3.05) is 22.5 Å². The van der Waals surface area contributed by atoms with Gasteiger partial charge in [0.05, 0.1) is 12.6 Å². The number of nitrogens with zero attached hydrogens (tertiary/aromatic N) is 2. The van der Waals surface area contributed by atoms with Crippen LogP contribution in [-0.2, 0) is 4.79 Å². The Morgan fingerprint density at radius 3 is 2.42 bits per heavy atom. The third-order valence-electron chi connectivity index (χ3n) is 5.62. The summed E-state index contributed by atoms with van der Waals surface area (Å²) in [5, 5.41) is 12.1. The molecule has 8 heteroatoms. The van der Waals surface area contributed by atoms with E-state index in [2.05, 4.69) is 44.4 Å². The van der Waals surface area contributed by atoms with Crippen LogP contribution in [0.1, 0.15) is 36.7 Å². The summed E-state index contributed by atoms with van der Waals surface area (Å²) >= 11 is 0. The van der Waals surface area contributed by atoms with Crippen molar-refractivity contribution in [3.63, 3.8) is 0 Å². The minimum atomic E-state index is -0.341. The van der Waals surface area contributed by atoms with Crippen LogP contribution in [0.15, 0.2) is 101 Å². The number of hydrogen-bond acceptors (Lipinski definition) is 6. The lowest BCUT2D eigenvalue weighted by Crippen LogP contribution is -2.40. The highest BCUT2D eigenvalue weighted by atomic mass is 16.2. The number of allylic oxidation sites excluding steroid dienone is 4. The minimum Gasteiger partial charge on any atom is -0.356 e. The van der Waals surface area contributed by atoms with Gasteiger partial charge in [0.15, 0.2) is 0 Å². The molecule has 1 aliphatic rings. The van der Waals surface area contributed by atoms with Crippen LogP contribution in [0.25, 0.3) is 0 Å². The molecule has 38 heavy (non-hydrogen) atoms. The largest absolute Gasteiger partial charge is 0.356 e. The molecule has 2 aromatic rings. The molecule has 0 aromatic heterocycles. The van der Waals surface area contributed by atoms with Crippen LogP contribution >= 0.6 is 0 Å². The average molecular weight is 511 g/mol. The first-order valence-electron chi connectivity index (χ1n) is 12.2. The second-order valence-corrected chi connectivity index (χ2v) is 9.15. The van der Waals surface area contributed by atoms with Gasteiger partial charge in [-0.05, 0) is 75.2 Å². The standard InChI is InChI=1S/C30H34N6O2/c1-7-28(37)34-23-9-8-10-24(15-23)36-30-31-17-26(18-32-30)35-29(38)27-16-25(14-13-21(27)5)33-22(6)20(4)12-11-19(2)3/h7-17,26,33H,1,6,18H2,2-5H3,(H,32,36)(H,34,37)(H,35,38)/b20-12+. The molecule has 2 amide bonds. The Balaban J connectivity index is 1.60. The number of benzene rings is 2. The van der Waals surface area contributed by atoms with E-state index >= 15 is 0 Å². The molecule has 196 valence electrons. The zero-order valence-electron chi connectivity index (χ0n) is 22.3. The van der Waals surface area contributed by atoms with E-state index in [9.17, 15) is 9.59 Å². The van der Waals surface area contributed by atoms with Crippen LogP contribution < -0.4 is 21.3 Å². The van der Waals surface area contributed by atoms with Crippen molar-refractivity contribution in [2.24, 2.45) is 9.98 Å². The van der Waals surface area contributed by atoms with Gasteiger partial charge in [-0.15, -0.1) is 0 Å². The van der Waals surface area contributed by atoms with E-state index in [-0.39, 0.29) is 17.9 Å². The van der Waals surface area contributed by atoms with E-state index in [0.29, 0.717) is 23.8 Å². The Morgan fingerprint density at radius 1 is 1.00 bits per heavy atom. The van der Waals surface area contributed by atoms with Gasteiger partial charge >= 0.3 is 0 Å². The molecule has 3 rings (SSSR count). The highest BCUT2D eigenvalue weighted by Crippen LogP contribution is 2.20. The van der Waals surface area contributed by atoms with Crippen LogP contribution in [0, 0.1) is 6.92 Å². The maximum Gasteiger partial charge on any atom is 0.252 e. The Bertz CT molecular complexity index is 1360. The number of carbonyl (C=O) groups is 2. The van der Waals surface area contributed by atoms with Crippen molar-refractivity contribution < 1.29 is 9.59 Å². The highest BCUT2D eigenvalue weighted by Gasteiger charge is 2.17. The SMILES string of the molecule is C=CC(=O)Nc1cccc(NC2=NCC(NC(=O)c3cc(NC(=C)/C(C)=C/C=C(C)C)ccc3C)C=N2)c1. The van der Waals surface area contributed by atoms with E-state index in [1.165, 1.54) is 11.6 Å². The first-order valence-corrected chi connectivity index (χ1v) is 12.2. The van der Waals surface area contributed by atoms with E-state index < -0.39 is 0 Å². The predicted octanol–water partition coefficient (Wildman–Crippen LogP) is 5.61. The molecule has 8 nitrogen and oxygen atoms in total. The van der Waals surface area contributed by atoms with Crippen molar-refractivity contribution >= 4 is 41.1 Å².